The van der Waals surface area contributed by atoms with Crippen molar-refractivity contribution in [3.63, 3.8) is 0 Å². The van der Waals surface area contributed by atoms with E-state index in [2.05, 4.69) is 4.98 Å². The monoisotopic (exact) mass is 515 g/mol. The van der Waals surface area contributed by atoms with Crippen LogP contribution in [0.3, 0.4) is 0 Å². The first-order valence-corrected chi connectivity index (χ1v) is 13.1. The Morgan fingerprint density at radius 1 is 1.05 bits per heavy atom. The van der Waals surface area contributed by atoms with Crippen LogP contribution in [0.25, 0.3) is 27.6 Å². The van der Waals surface area contributed by atoms with Gasteiger partial charge in [-0.15, -0.1) is 0 Å². The van der Waals surface area contributed by atoms with E-state index in [-0.39, 0.29) is 23.2 Å². The number of pyridine rings is 2. The molecule has 0 fully saturated rings. The number of aromatic amines is 1. The molecule has 1 aromatic carbocycles. The lowest BCUT2D eigenvalue weighted by molar-refractivity contribution is 0.111. The second kappa shape index (κ2) is 8.70. The molecule has 0 amide bonds. The number of rotatable bonds is 5. The van der Waals surface area contributed by atoms with Crippen LogP contribution in [-0.2, 0) is 17.1 Å². The number of benzene rings is 1. The fraction of sp³-hybridized carbons (Fsp3) is 0.179. The Morgan fingerprint density at radius 3 is 2.46 bits per heavy atom. The van der Waals surface area contributed by atoms with E-state index in [1.807, 2.05) is 30.3 Å². The van der Waals surface area contributed by atoms with Crippen molar-refractivity contribution in [1.82, 2.24) is 13.5 Å². The first kappa shape index (κ1) is 24.5. The third kappa shape index (κ3) is 3.74. The van der Waals surface area contributed by atoms with Crippen molar-refractivity contribution in [2.75, 3.05) is 0 Å². The summed E-state index contributed by atoms with van der Waals surface area (Å²) in [5, 5.41) is 0.360. The van der Waals surface area contributed by atoms with Crippen molar-refractivity contribution < 1.29 is 13.2 Å². The highest BCUT2D eigenvalue weighted by atomic mass is 32.2. The van der Waals surface area contributed by atoms with Gasteiger partial charge in [0.05, 0.1) is 5.69 Å². The SMILES string of the molecule is CC1=CC(c2cc(=O)n(C)cc2-c2ccccc2)=CCC1(C)S(=O)(=O)n1c(C=O)cc2cc[nH]c(=O)c21. The summed E-state index contributed by atoms with van der Waals surface area (Å²) in [5.41, 5.74) is 2.73. The van der Waals surface area contributed by atoms with Crippen molar-refractivity contribution in [2.45, 2.75) is 25.0 Å². The molecule has 0 bridgehead atoms. The van der Waals surface area contributed by atoms with Gasteiger partial charge in [-0.2, -0.15) is 0 Å². The van der Waals surface area contributed by atoms with Gasteiger partial charge in [0, 0.05) is 36.5 Å². The smallest absolute Gasteiger partial charge is 0.273 e. The van der Waals surface area contributed by atoms with Crippen LogP contribution in [-0.4, -0.2) is 33.0 Å². The maximum atomic E-state index is 14.1. The minimum Gasteiger partial charge on any atom is -0.327 e. The van der Waals surface area contributed by atoms with Crippen molar-refractivity contribution >= 4 is 32.8 Å². The quantitative estimate of drug-likeness (QED) is 0.406. The number of H-pyrrole nitrogens is 1. The zero-order chi connectivity index (χ0) is 26.5. The molecule has 1 atom stereocenters. The van der Waals surface area contributed by atoms with Gasteiger partial charge in [-0.25, -0.2) is 12.4 Å². The van der Waals surface area contributed by atoms with Gasteiger partial charge >= 0.3 is 0 Å². The van der Waals surface area contributed by atoms with Gasteiger partial charge in [0.15, 0.2) is 6.29 Å². The first-order valence-electron chi connectivity index (χ1n) is 11.7. The van der Waals surface area contributed by atoms with E-state index in [4.69, 9.17) is 0 Å². The molecule has 3 aromatic heterocycles. The van der Waals surface area contributed by atoms with Crippen LogP contribution in [0, 0.1) is 0 Å². The number of fused-ring (bicyclic) bond motifs is 1. The van der Waals surface area contributed by atoms with Crippen LogP contribution in [0.2, 0.25) is 0 Å². The van der Waals surface area contributed by atoms with Crippen LogP contribution in [0.15, 0.2) is 88.2 Å². The summed E-state index contributed by atoms with van der Waals surface area (Å²) >= 11 is 0. The molecule has 4 aromatic rings. The Bertz CT molecular complexity index is 1860. The largest absolute Gasteiger partial charge is 0.327 e. The molecule has 1 N–H and O–H groups in total. The van der Waals surface area contributed by atoms with E-state index >= 15 is 0 Å². The van der Waals surface area contributed by atoms with Gasteiger partial charge in [0.1, 0.15) is 10.3 Å². The van der Waals surface area contributed by atoms with E-state index in [0.717, 1.165) is 20.7 Å². The Kier molecular flexibility index (Phi) is 5.75. The number of hydrogen-bond acceptors (Lipinski definition) is 5. The fourth-order valence-electron chi connectivity index (χ4n) is 4.82. The molecule has 0 radical (unpaired) electrons. The highest BCUT2D eigenvalue weighted by Crippen LogP contribution is 2.41. The summed E-state index contributed by atoms with van der Waals surface area (Å²) in [6, 6.07) is 14.2. The molecule has 37 heavy (non-hydrogen) atoms. The van der Waals surface area contributed by atoms with Gasteiger partial charge in [-0.3, -0.25) is 14.4 Å². The standard InChI is InChI=1S/C28H25N3O5S/c1-18-13-20(23-15-25(33)30(3)16-24(23)19-7-5-4-6-8-19)9-11-28(18,2)37(35,36)31-22(17-32)14-21-10-12-29-27(34)26(21)31/h4-10,12-17H,11H2,1-3H3,(H,29,34). The number of nitrogens with one attached hydrogen (secondary N) is 1. The fourth-order valence-corrected chi connectivity index (χ4v) is 6.79. The summed E-state index contributed by atoms with van der Waals surface area (Å²) < 4.78 is 29.1. The third-order valence-corrected chi connectivity index (χ3v) is 9.68. The van der Waals surface area contributed by atoms with Crippen LogP contribution in [0.1, 0.15) is 36.3 Å². The molecule has 0 aliphatic heterocycles. The molecule has 3 heterocycles. The molecule has 8 nitrogen and oxygen atoms in total. The molecule has 0 saturated heterocycles. The minimum atomic E-state index is -4.26. The van der Waals surface area contributed by atoms with E-state index < -0.39 is 20.3 Å². The van der Waals surface area contributed by atoms with E-state index in [9.17, 15) is 22.8 Å². The molecular formula is C28H25N3O5S. The molecule has 1 aliphatic carbocycles. The number of nitrogens with zero attached hydrogens (tertiary/aromatic N) is 2. The van der Waals surface area contributed by atoms with E-state index in [1.165, 1.54) is 16.8 Å². The lowest BCUT2D eigenvalue weighted by Gasteiger charge is -2.33. The molecule has 1 unspecified atom stereocenters. The predicted octanol–water partition coefficient (Wildman–Crippen LogP) is 3.88. The highest BCUT2D eigenvalue weighted by molar-refractivity contribution is 7.91. The highest BCUT2D eigenvalue weighted by Gasteiger charge is 2.44. The zero-order valence-corrected chi connectivity index (χ0v) is 21.4. The van der Waals surface area contributed by atoms with E-state index in [1.54, 1.807) is 51.4 Å². The lowest BCUT2D eigenvalue weighted by Crippen LogP contribution is -2.42. The number of carbonyl (C=O) groups is 1. The van der Waals surface area contributed by atoms with Crippen molar-refractivity contribution in [2.24, 2.45) is 7.05 Å². The molecule has 5 rings (SSSR count). The zero-order valence-electron chi connectivity index (χ0n) is 20.6. The molecule has 0 saturated carbocycles. The Labute approximate surface area is 213 Å². The maximum absolute atomic E-state index is 14.1. The van der Waals surface area contributed by atoms with Crippen LogP contribution in [0.4, 0.5) is 0 Å². The molecule has 9 heteroatoms. The summed E-state index contributed by atoms with van der Waals surface area (Å²) in [6.07, 6.45) is 7.26. The number of aldehydes is 1. The molecule has 0 spiro atoms. The second-order valence-electron chi connectivity index (χ2n) is 9.40. The Hall–Kier alpha value is -4.24. The first-order chi connectivity index (χ1) is 17.6. The van der Waals surface area contributed by atoms with Crippen LogP contribution < -0.4 is 11.1 Å². The van der Waals surface area contributed by atoms with Crippen molar-refractivity contribution in [3.05, 3.63) is 111 Å². The predicted molar refractivity (Wildman–Crippen MR) is 144 cm³/mol. The lowest BCUT2D eigenvalue weighted by atomic mass is 9.85. The summed E-state index contributed by atoms with van der Waals surface area (Å²) in [4.78, 5) is 39.5. The average Bonchev–Trinajstić information content (AvgIpc) is 3.28. The number of hydrogen-bond donors (Lipinski definition) is 1. The maximum Gasteiger partial charge on any atom is 0.273 e. The van der Waals surface area contributed by atoms with E-state index in [0.29, 0.717) is 22.8 Å². The summed E-state index contributed by atoms with van der Waals surface area (Å²) in [5.74, 6) is 0. The number of allylic oxidation sites excluding steroid dienone is 3. The molecule has 1 aliphatic rings. The number of aromatic nitrogens is 3. The minimum absolute atomic E-state index is 0.0825. The third-order valence-electron chi connectivity index (χ3n) is 7.18. The summed E-state index contributed by atoms with van der Waals surface area (Å²) in [6.45, 7) is 3.30. The van der Waals surface area contributed by atoms with Crippen LogP contribution >= 0.6 is 0 Å². The van der Waals surface area contributed by atoms with Gasteiger partial charge in [0.2, 0.25) is 10.0 Å². The van der Waals surface area contributed by atoms with Crippen LogP contribution in [0.5, 0.6) is 0 Å². The number of carbonyl (C=O) groups excluding carboxylic acids is 1. The van der Waals surface area contributed by atoms with Gasteiger partial charge in [-0.05, 0) is 54.7 Å². The Balaban J connectivity index is 1.66. The van der Waals surface area contributed by atoms with Gasteiger partial charge in [-0.1, -0.05) is 42.5 Å². The van der Waals surface area contributed by atoms with Gasteiger partial charge in [0.25, 0.3) is 11.1 Å². The molecular weight excluding hydrogens is 490 g/mol. The van der Waals surface area contributed by atoms with Crippen molar-refractivity contribution in [3.8, 4) is 11.1 Å². The molecule has 188 valence electrons. The average molecular weight is 516 g/mol. The normalized spacial score (nSPS) is 17.9. The van der Waals surface area contributed by atoms with Crippen molar-refractivity contribution in [1.29, 1.82) is 0 Å². The van der Waals surface area contributed by atoms with Gasteiger partial charge < -0.3 is 9.55 Å². The second-order valence-corrected chi connectivity index (χ2v) is 11.6. The number of aryl methyl sites for hydroxylation is 1. The summed E-state index contributed by atoms with van der Waals surface area (Å²) in [7, 11) is -2.57. The topological polar surface area (TPSA) is 111 Å². The Morgan fingerprint density at radius 2 is 1.78 bits per heavy atom.